The van der Waals surface area contributed by atoms with Crippen molar-refractivity contribution >= 4 is 24.0 Å². The van der Waals surface area contributed by atoms with Crippen LogP contribution in [-0.4, -0.2) is 42.1 Å². The lowest BCUT2D eigenvalue weighted by atomic mass is 9.72. The van der Waals surface area contributed by atoms with Crippen LogP contribution in [0.25, 0.3) is 0 Å². The van der Waals surface area contributed by atoms with Gasteiger partial charge in [0.15, 0.2) is 0 Å². The monoisotopic (exact) mass is 476 g/mol. The van der Waals surface area contributed by atoms with E-state index in [1.807, 2.05) is 72.5 Å². The second-order valence-corrected chi connectivity index (χ2v) is 9.33. The molecule has 1 atom stereocenters. The number of aliphatic hydroxyl groups is 1. The number of carbonyl (C=O) groups excluding carboxylic acids is 1. The zero-order valence-corrected chi connectivity index (χ0v) is 20.5. The molecular weight excluding hydrogens is 444 g/mol. The topological polar surface area (TPSA) is 43.8 Å². The number of fused-ring (bicyclic) bond motifs is 1. The van der Waals surface area contributed by atoms with E-state index >= 15 is 0 Å². The number of hydrogen-bond acceptors (Lipinski definition) is 3. The molecule has 1 amide bonds. The highest BCUT2D eigenvalue weighted by Gasteiger charge is 2.51. The van der Waals surface area contributed by atoms with Crippen LogP contribution in [0.3, 0.4) is 0 Å². The third-order valence-electron chi connectivity index (χ3n) is 7.65. The summed E-state index contributed by atoms with van der Waals surface area (Å²) in [7, 11) is 0. The number of rotatable bonds is 6. The third kappa shape index (κ3) is 4.04. The molecule has 5 heteroatoms. The summed E-state index contributed by atoms with van der Waals surface area (Å²) in [5.41, 5.74) is 2.79. The van der Waals surface area contributed by atoms with Crippen LogP contribution in [0.2, 0.25) is 0 Å². The van der Waals surface area contributed by atoms with Crippen molar-refractivity contribution in [3.8, 4) is 0 Å². The molecule has 5 rings (SSSR count). The van der Waals surface area contributed by atoms with Crippen LogP contribution in [0.1, 0.15) is 42.9 Å². The molecular formula is C29H33ClN2O2. The Balaban J connectivity index is 0.00000274. The summed E-state index contributed by atoms with van der Waals surface area (Å²) in [6.07, 6.45) is 2.15. The molecule has 1 fully saturated rings. The Morgan fingerprint density at radius 3 is 2.00 bits per heavy atom. The highest BCUT2D eigenvalue weighted by Crippen LogP contribution is 2.48. The van der Waals surface area contributed by atoms with Crippen molar-refractivity contribution in [1.29, 1.82) is 0 Å². The maximum absolute atomic E-state index is 13.9. The summed E-state index contributed by atoms with van der Waals surface area (Å²) in [6.45, 7) is 5.17. The van der Waals surface area contributed by atoms with Gasteiger partial charge < -0.3 is 14.9 Å². The maximum Gasteiger partial charge on any atom is 0.242 e. The van der Waals surface area contributed by atoms with E-state index in [4.69, 9.17) is 0 Å². The van der Waals surface area contributed by atoms with Crippen LogP contribution in [0, 0.1) is 0 Å². The van der Waals surface area contributed by atoms with Crippen molar-refractivity contribution in [3.05, 3.63) is 102 Å². The van der Waals surface area contributed by atoms with Gasteiger partial charge in [0.2, 0.25) is 5.91 Å². The fraction of sp³-hybridized carbons (Fsp3) is 0.345. The minimum atomic E-state index is -0.760. The third-order valence-corrected chi connectivity index (χ3v) is 7.65. The Kier molecular flexibility index (Phi) is 7.13. The smallest absolute Gasteiger partial charge is 0.242 e. The van der Waals surface area contributed by atoms with Crippen LogP contribution < -0.4 is 4.90 Å². The first-order valence-electron chi connectivity index (χ1n) is 12.1. The van der Waals surface area contributed by atoms with Gasteiger partial charge >= 0.3 is 0 Å². The number of amides is 1. The van der Waals surface area contributed by atoms with E-state index in [0.717, 1.165) is 48.4 Å². The zero-order chi connectivity index (χ0) is 22.9. The first-order valence-corrected chi connectivity index (χ1v) is 12.1. The minimum absolute atomic E-state index is 0. The zero-order valence-electron chi connectivity index (χ0n) is 19.7. The molecule has 0 aromatic heterocycles. The fourth-order valence-electron chi connectivity index (χ4n) is 5.74. The number of anilines is 1. The van der Waals surface area contributed by atoms with Crippen LogP contribution in [0.15, 0.2) is 84.9 Å². The summed E-state index contributed by atoms with van der Waals surface area (Å²) in [5, 5.41) is 11.2. The molecule has 2 heterocycles. The minimum Gasteiger partial charge on any atom is -0.385 e. The lowest BCUT2D eigenvalue weighted by Crippen LogP contribution is -2.46. The number of carbonyl (C=O) groups is 1. The van der Waals surface area contributed by atoms with Crippen LogP contribution in [0.5, 0.6) is 0 Å². The molecule has 1 unspecified atom stereocenters. The lowest BCUT2D eigenvalue weighted by Gasteiger charge is -2.40. The van der Waals surface area contributed by atoms with Gasteiger partial charge in [-0.25, -0.2) is 0 Å². The molecule has 3 aromatic carbocycles. The number of likely N-dealkylation sites (tertiary alicyclic amines) is 1. The summed E-state index contributed by atoms with van der Waals surface area (Å²) in [6, 6.07) is 28.5. The van der Waals surface area contributed by atoms with Gasteiger partial charge in [0, 0.05) is 25.3 Å². The largest absolute Gasteiger partial charge is 0.385 e. The molecule has 0 bridgehead atoms. The Bertz CT molecular complexity index is 1110. The summed E-state index contributed by atoms with van der Waals surface area (Å²) >= 11 is 0. The molecule has 0 saturated carbocycles. The van der Waals surface area contributed by atoms with E-state index in [0.29, 0.717) is 19.4 Å². The van der Waals surface area contributed by atoms with Crippen LogP contribution >= 0.6 is 12.4 Å². The quantitative estimate of drug-likeness (QED) is 0.536. The number of para-hydroxylation sites is 1. The molecule has 0 radical (unpaired) electrons. The number of benzene rings is 3. The summed E-state index contributed by atoms with van der Waals surface area (Å²) < 4.78 is 0. The van der Waals surface area contributed by atoms with E-state index in [9.17, 15) is 9.90 Å². The van der Waals surface area contributed by atoms with Crippen molar-refractivity contribution < 1.29 is 9.90 Å². The Labute approximate surface area is 208 Å². The number of piperidine rings is 1. The van der Waals surface area contributed by atoms with E-state index in [1.54, 1.807) is 0 Å². The lowest BCUT2D eigenvalue weighted by molar-refractivity contribution is -0.122. The molecule has 1 N–H and O–H groups in total. The SMILES string of the molecule is CCN1C(=O)C(CCN2CCC(O)(c3ccccc3)CC2)(c2ccccc2)c2ccccc21.Cl. The second-order valence-electron chi connectivity index (χ2n) is 9.33. The number of halogens is 1. The molecule has 3 aromatic rings. The Morgan fingerprint density at radius 2 is 1.38 bits per heavy atom. The normalized spacial score (nSPS) is 21.7. The number of nitrogens with zero attached hydrogens (tertiary/aromatic N) is 2. The van der Waals surface area contributed by atoms with Crippen molar-refractivity contribution in [2.75, 3.05) is 31.1 Å². The molecule has 178 valence electrons. The molecule has 2 aliphatic rings. The Hall–Kier alpha value is -2.66. The van der Waals surface area contributed by atoms with E-state index in [2.05, 4.69) is 29.2 Å². The van der Waals surface area contributed by atoms with Gasteiger partial charge in [-0.15, -0.1) is 12.4 Å². The first kappa shape index (κ1) is 24.5. The molecule has 4 nitrogen and oxygen atoms in total. The highest BCUT2D eigenvalue weighted by atomic mass is 35.5. The predicted molar refractivity (Wildman–Crippen MR) is 140 cm³/mol. The van der Waals surface area contributed by atoms with Crippen molar-refractivity contribution in [1.82, 2.24) is 4.90 Å². The van der Waals surface area contributed by atoms with Gasteiger partial charge in [-0.3, -0.25) is 4.79 Å². The predicted octanol–water partition coefficient (Wildman–Crippen LogP) is 5.13. The van der Waals surface area contributed by atoms with Gasteiger partial charge in [0.1, 0.15) is 5.41 Å². The molecule has 2 aliphatic heterocycles. The summed E-state index contributed by atoms with van der Waals surface area (Å²) in [4.78, 5) is 18.3. The standard InChI is InChI=1S/C29H32N2O2.ClH/c1-2-31-26-16-10-9-15-25(26)29(27(31)32,24-13-7-4-8-14-24)19-22-30-20-17-28(33,18-21-30)23-11-5-3-6-12-23;/h3-16,33H,2,17-22H2,1H3;1H. The van der Waals surface area contributed by atoms with E-state index < -0.39 is 11.0 Å². The maximum atomic E-state index is 13.9. The summed E-state index contributed by atoms with van der Waals surface area (Å²) in [5.74, 6) is 0.176. The molecule has 1 saturated heterocycles. The van der Waals surface area contributed by atoms with Gasteiger partial charge in [-0.1, -0.05) is 78.9 Å². The van der Waals surface area contributed by atoms with Gasteiger partial charge in [-0.05, 0) is 55.5 Å². The number of hydrogen-bond donors (Lipinski definition) is 1. The van der Waals surface area contributed by atoms with Gasteiger partial charge in [-0.2, -0.15) is 0 Å². The second kappa shape index (κ2) is 9.91. The van der Waals surface area contributed by atoms with E-state index in [1.165, 1.54) is 0 Å². The van der Waals surface area contributed by atoms with Crippen molar-refractivity contribution in [3.63, 3.8) is 0 Å². The number of likely N-dealkylation sites (N-methyl/N-ethyl adjacent to an activating group) is 1. The van der Waals surface area contributed by atoms with Crippen molar-refractivity contribution in [2.45, 2.75) is 37.2 Å². The molecule has 0 spiro atoms. The van der Waals surface area contributed by atoms with Crippen LogP contribution in [-0.2, 0) is 15.8 Å². The van der Waals surface area contributed by atoms with Crippen molar-refractivity contribution in [2.24, 2.45) is 0 Å². The van der Waals surface area contributed by atoms with Gasteiger partial charge in [0.05, 0.1) is 5.60 Å². The molecule has 34 heavy (non-hydrogen) atoms. The van der Waals surface area contributed by atoms with Gasteiger partial charge in [0.25, 0.3) is 0 Å². The molecule has 0 aliphatic carbocycles. The van der Waals surface area contributed by atoms with E-state index in [-0.39, 0.29) is 18.3 Å². The average molecular weight is 477 g/mol. The van der Waals surface area contributed by atoms with Crippen LogP contribution in [0.4, 0.5) is 5.69 Å². The highest BCUT2D eigenvalue weighted by molar-refractivity contribution is 6.10. The fourth-order valence-corrected chi connectivity index (χ4v) is 5.74. The first-order chi connectivity index (χ1) is 16.1. The average Bonchev–Trinajstić information content (AvgIpc) is 3.12. The Morgan fingerprint density at radius 1 is 0.824 bits per heavy atom.